The number of rotatable bonds is 10. The van der Waals surface area contributed by atoms with Gasteiger partial charge >= 0.3 is 0 Å². The van der Waals surface area contributed by atoms with Gasteiger partial charge in [0.15, 0.2) is 22.9 Å². The number of ether oxygens (including phenoxy) is 2. The van der Waals surface area contributed by atoms with Crippen molar-refractivity contribution in [2.45, 2.75) is 45.5 Å². The Morgan fingerprint density at radius 2 is 2.00 bits per heavy atom. The van der Waals surface area contributed by atoms with Crippen LogP contribution in [0, 0.1) is 12.8 Å². The lowest BCUT2D eigenvalue weighted by Crippen LogP contribution is -2.17. The Bertz CT molecular complexity index is 1020. The van der Waals surface area contributed by atoms with Crippen LogP contribution >= 0.6 is 11.8 Å². The van der Waals surface area contributed by atoms with Crippen molar-refractivity contribution in [3.8, 4) is 11.5 Å². The predicted octanol–water partition coefficient (Wildman–Crippen LogP) is 4.11. The molecule has 0 saturated heterocycles. The van der Waals surface area contributed by atoms with Gasteiger partial charge in [0.25, 0.3) is 0 Å². The first-order valence-electron chi connectivity index (χ1n) is 9.95. The molecule has 0 spiro atoms. The molecule has 1 N–H and O–H groups in total. The summed E-state index contributed by atoms with van der Waals surface area (Å²) in [6.07, 6.45) is -0.334. The number of aryl methyl sites for hydroxylation is 1. The van der Waals surface area contributed by atoms with E-state index in [4.69, 9.17) is 14.0 Å². The predicted molar refractivity (Wildman–Crippen MR) is 117 cm³/mol. The first-order valence-corrected chi connectivity index (χ1v) is 10.9. The molecule has 0 saturated carbocycles. The van der Waals surface area contributed by atoms with Gasteiger partial charge in [0, 0.05) is 18.7 Å². The number of benzene rings is 1. The molecular formula is C21H27N5O4S. The number of aromatic nitrogens is 4. The second-order valence-electron chi connectivity index (χ2n) is 7.44. The fourth-order valence-corrected chi connectivity index (χ4v) is 3.66. The van der Waals surface area contributed by atoms with E-state index in [0.717, 1.165) is 5.75 Å². The lowest BCUT2D eigenvalue weighted by Gasteiger charge is -2.18. The second kappa shape index (κ2) is 10.3. The maximum absolute atomic E-state index is 12.3. The third kappa shape index (κ3) is 6.24. The average Bonchev–Trinajstić information content (AvgIpc) is 3.31. The molecule has 3 aromatic rings. The summed E-state index contributed by atoms with van der Waals surface area (Å²) in [6.45, 7) is 8.63. The lowest BCUT2D eigenvalue weighted by atomic mass is 10.2. The minimum absolute atomic E-state index is 0.174. The molecule has 0 aliphatic heterocycles. The van der Waals surface area contributed by atoms with Crippen LogP contribution in [0.25, 0.3) is 0 Å². The topological polar surface area (TPSA) is 104 Å². The Hall–Kier alpha value is -3.01. The van der Waals surface area contributed by atoms with Crippen molar-refractivity contribution in [2.75, 3.05) is 18.2 Å². The number of thioether (sulfide) groups is 1. The van der Waals surface area contributed by atoms with Crippen LogP contribution in [0.5, 0.6) is 11.5 Å². The largest absolute Gasteiger partial charge is 0.497 e. The van der Waals surface area contributed by atoms with Gasteiger partial charge in [-0.05, 0) is 31.9 Å². The highest BCUT2D eigenvalue weighted by atomic mass is 32.2. The fourth-order valence-electron chi connectivity index (χ4n) is 2.91. The van der Waals surface area contributed by atoms with Crippen molar-refractivity contribution < 1.29 is 18.8 Å². The van der Waals surface area contributed by atoms with E-state index in [-0.39, 0.29) is 17.8 Å². The smallest absolute Gasteiger partial charge is 0.236 e. The van der Waals surface area contributed by atoms with Crippen molar-refractivity contribution in [3.63, 3.8) is 0 Å². The number of hydrogen-bond acceptors (Lipinski definition) is 8. The molecule has 2 aromatic heterocycles. The Morgan fingerprint density at radius 1 is 1.23 bits per heavy atom. The van der Waals surface area contributed by atoms with E-state index in [1.54, 1.807) is 20.1 Å². The third-order valence-corrected chi connectivity index (χ3v) is 5.21. The Morgan fingerprint density at radius 3 is 2.68 bits per heavy atom. The Labute approximate surface area is 185 Å². The van der Waals surface area contributed by atoms with E-state index in [1.165, 1.54) is 11.8 Å². The number of carbonyl (C=O) groups is 1. The number of nitrogens with zero attached hydrogens (tertiary/aromatic N) is 4. The minimum atomic E-state index is -0.334. The summed E-state index contributed by atoms with van der Waals surface area (Å²) in [5.41, 5.74) is 0. The Kier molecular flexibility index (Phi) is 7.56. The van der Waals surface area contributed by atoms with Crippen LogP contribution < -0.4 is 14.8 Å². The molecule has 1 unspecified atom stereocenters. The van der Waals surface area contributed by atoms with E-state index in [2.05, 4.69) is 34.5 Å². The third-order valence-electron chi connectivity index (χ3n) is 4.24. The van der Waals surface area contributed by atoms with Crippen molar-refractivity contribution in [2.24, 2.45) is 5.92 Å². The molecule has 1 amide bonds. The Balaban J connectivity index is 1.70. The normalized spacial score (nSPS) is 12.1. The fraction of sp³-hybridized carbons (Fsp3) is 0.429. The molecule has 1 aromatic carbocycles. The monoisotopic (exact) mass is 445 g/mol. The maximum atomic E-state index is 12.3. The summed E-state index contributed by atoms with van der Waals surface area (Å²) < 4.78 is 18.3. The molecule has 9 nitrogen and oxygen atoms in total. The van der Waals surface area contributed by atoms with E-state index in [0.29, 0.717) is 40.8 Å². The molecule has 2 heterocycles. The van der Waals surface area contributed by atoms with Crippen LogP contribution in [0.4, 0.5) is 5.82 Å². The van der Waals surface area contributed by atoms with Gasteiger partial charge in [-0.15, -0.1) is 10.2 Å². The van der Waals surface area contributed by atoms with Gasteiger partial charge in [-0.1, -0.05) is 36.8 Å². The van der Waals surface area contributed by atoms with Gasteiger partial charge in [-0.3, -0.25) is 4.79 Å². The van der Waals surface area contributed by atoms with Crippen LogP contribution in [0.2, 0.25) is 0 Å². The molecule has 0 fully saturated rings. The van der Waals surface area contributed by atoms with Crippen LogP contribution in [-0.2, 0) is 11.3 Å². The molecule has 10 heteroatoms. The number of nitrogens with one attached hydrogen (secondary N) is 1. The van der Waals surface area contributed by atoms with E-state index >= 15 is 0 Å². The molecule has 31 heavy (non-hydrogen) atoms. The first kappa shape index (κ1) is 22.7. The van der Waals surface area contributed by atoms with Crippen molar-refractivity contribution in [1.29, 1.82) is 0 Å². The van der Waals surface area contributed by atoms with Crippen LogP contribution in [0.3, 0.4) is 0 Å². The van der Waals surface area contributed by atoms with Gasteiger partial charge < -0.3 is 23.9 Å². The number of hydrogen-bond donors (Lipinski definition) is 1. The van der Waals surface area contributed by atoms with Crippen LogP contribution in [0.1, 0.15) is 38.5 Å². The highest BCUT2D eigenvalue weighted by molar-refractivity contribution is 7.99. The molecule has 1 atom stereocenters. The van der Waals surface area contributed by atoms with Crippen LogP contribution in [0.15, 0.2) is 40.0 Å². The van der Waals surface area contributed by atoms with Gasteiger partial charge in [-0.25, -0.2) is 0 Å². The summed E-state index contributed by atoms with van der Waals surface area (Å²) in [5.74, 6) is 3.48. The van der Waals surface area contributed by atoms with E-state index in [1.807, 2.05) is 35.8 Å². The lowest BCUT2D eigenvalue weighted by molar-refractivity contribution is -0.113. The molecule has 0 aliphatic carbocycles. The number of carbonyl (C=O) groups excluding carboxylic acids is 1. The molecule has 0 bridgehead atoms. The molecule has 0 aliphatic rings. The summed E-state index contributed by atoms with van der Waals surface area (Å²) >= 11 is 1.32. The standard InChI is InChI=1S/C21H27N5O4S/c1-13(2)11-26-20(15(4)29-17-8-6-7-16(10-17)28-5)23-24-21(26)31-12-19(27)22-18-9-14(3)30-25-18/h6-10,13,15H,11-12H2,1-5H3,(H,22,25,27). The van der Waals surface area contributed by atoms with Gasteiger partial charge in [0.2, 0.25) is 5.91 Å². The van der Waals surface area contributed by atoms with Gasteiger partial charge in [0.05, 0.1) is 12.9 Å². The number of anilines is 1. The second-order valence-corrected chi connectivity index (χ2v) is 8.39. The van der Waals surface area contributed by atoms with Crippen molar-refractivity contribution in [1.82, 2.24) is 19.9 Å². The maximum Gasteiger partial charge on any atom is 0.236 e. The minimum Gasteiger partial charge on any atom is -0.497 e. The molecule has 166 valence electrons. The van der Waals surface area contributed by atoms with Crippen molar-refractivity contribution in [3.05, 3.63) is 41.9 Å². The zero-order chi connectivity index (χ0) is 22.4. The summed E-state index contributed by atoms with van der Waals surface area (Å²) in [7, 11) is 1.62. The number of amides is 1. The zero-order valence-corrected chi connectivity index (χ0v) is 19.1. The van der Waals surface area contributed by atoms with Crippen molar-refractivity contribution >= 4 is 23.5 Å². The molecule has 3 rings (SSSR count). The highest BCUT2D eigenvalue weighted by Gasteiger charge is 2.21. The summed E-state index contributed by atoms with van der Waals surface area (Å²) in [5, 5.41) is 15.8. The molecular weight excluding hydrogens is 418 g/mol. The number of methoxy groups -OCH3 is 1. The van der Waals surface area contributed by atoms with Gasteiger partial charge in [0.1, 0.15) is 17.3 Å². The van der Waals surface area contributed by atoms with E-state index < -0.39 is 0 Å². The summed E-state index contributed by atoms with van der Waals surface area (Å²) in [4.78, 5) is 12.3. The average molecular weight is 446 g/mol. The highest BCUT2D eigenvalue weighted by Crippen LogP contribution is 2.27. The zero-order valence-electron chi connectivity index (χ0n) is 18.3. The summed E-state index contributed by atoms with van der Waals surface area (Å²) in [6, 6.07) is 9.09. The van der Waals surface area contributed by atoms with Gasteiger partial charge in [-0.2, -0.15) is 0 Å². The SMILES string of the molecule is COc1cccc(OC(C)c2nnc(SCC(=O)Nc3cc(C)on3)n2CC(C)C)c1. The van der Waals surface area contributed by atoms with E-state index in [9.17, 15) is 4.79 Å². The molecule has 0 radical (unpaired) electrons. The first-order chi connectivity index (χ1) is 14.9. The quantitative estimate of drug-likeness (QED) is 0.465. The van der Waals surface area contributed by atoms with Crippen LogP contribution in [-0.4, -0.2) is 38.7 Å².